The number of likely N-dealkylation sites (tertiary alicyclic amines) is 1. The van der Waals surface area contributed by atoms with Crippen molar-refractivity contribution in [2.45, 2.75) is 32.2 Å². The zero-order chi connectivity index (χ0) is 20.4. The van der Waals surface area contributed by atoms with E-state index in [1.165, 1.54) is 6.07 Å². The predicted molar refractivity (Wildman–Crippen MR) is 104 cm³/mol. The minimum atomic E-state index is -0.463. The molecule has 2 aromatic heterocycles. The third-order valence-electron chi connectivity index (χ3n) is 4.97. The van der Waals surface area contributed by atoms with Gasteiger partial charge < -0.3 is 14.2 Å². The van der Waals surface area contributed by atoms with Crippen LogP contribution in [0.25, 0.3) is 0 Å². The molecule has 0 unspecified atom stereocenters. The molecule has 1 amide bonds. The van der Waals surface area contributed by atoms with E-state index < -0.39 is 5.82 Å². The first kappa shape index (κ1) is 19.0. The quantitative estimate of drug-likeness (QED) is 0.672. The smallest absolute Gasteiger partial charge is 0.290 e. The molecule has 0 aliphatic carbocycles. The van der Waals surface area contributed by atoms with E-state index in [-0.39, 0.29) is 23.6 Å². The standard InChI is InChI=1S/C21H22FN5O2/c1-14-13-18(29-17-9-4-3-7-15(17)22)25-19(24-14)16-8-5-6-11-27(16)21(28)20-23-10-12-26(20)2/h3-4,7,9-10,12-13,16H,5-6,8,11H2,1-2H3/t16-/m1/s1. The lowest BCUT2D eigenvalue weighted by Crippen LogP contribution is -2.40. The fourth-order valence-electron chi connectivity index (χ4n) is 3.55. The Morgan fingerprint density at radius 3 is 2.83 bits per heavy atom. The molecular weight excluding hydrogens is 373 g/mol. The molecule has 1 atom stereocenters. The van der Waals surface area contributed by atoms with Gasteiger partial charge in [-0.2, -0.15) is 4.98 Å². The monoisotopic (exact) mass is 395 g/mol. The number of carbonyl (C=O) groups excluding carboxylic acids is 1. The van der Waals surface area contributed by atoms with Gasteiger partial charge in [-0.15, -0.1) is 0 Å². The number of hydrogen-bond donors (Lipinski definition) is 0. The van der Waals surface area contributed by atoms with Crippen molar-refractivity contribution in [1.29, 1.82) is 0 Å². The molecule has 1 aliphatic rings. The van der Waals surface area contributed by atoms with Crippen LogP contribution < -0.4 is 4.74 Å². The Balaban J connectivity index is 1.65. The lowest BCUT2D eigenvalue weighted by molar-refractivity contribution is 0.0582. The van der Waals surface area contributed by atoms with E-state index in [1.54, 1.807) is 53.2 Å². The molecule has 0 spiro atoms. The van der Waals surface area contributed by atoms with Crippen molar-refractivity contribution in [3.05, 3.63) is 65.9 Å². The van der Waals surface area contributed by atoms with Gasteiger partial charge in [0.2, 0.25) is 5.88 Å². The van der Waals surface area contributed by atoms with E-state index in [1.807, 2.05) is 6.92 Å². The number of piperidine rings is 1. The zero-order valence-electron chi connectivity index (χ0n) is 16.4. The first-order valence-corrected chi connectivity index (χ1v) is 9.59. The Morgan fingerprint density at radius 2 is 2.07 bits per heavy atom. The van der Waals surface area contributed by atoms with Crippen LogP contribution in [-0.4, -0.2) is 36.9 Å². The highest BCUT2D eigenvalue weighted by atomic mass is 19.1. The normalized spacial score (nSPS) is 16.7. The molecule has 1 aliphatic heterocycles. The summed E-state index contributed by atoms with van der Waals surface area (Å²) in [5, 5.41) is 0. The number of aromatic nitrogens is 4. The molecule has 150 valence electrons. The Kier molecular flexibility index (Phi) is 5.24. The van der Waals surface area contributed by atoms with Gasteiger partial charge in [0.15, 0.2) is 23.2 Å². The molecule has 4 rings (SSSR count). The van der Waals surface area contributed by atoms with Crippen molar-refractivity contribution in [3.8, 4) is 11.6 Å². The number of aryl methyl sites for hydroxylation is 2. The Labute approximate surface area is 168 Å². The van der Waals surface area contributed by atoms with E-state index in [9.17, 15) is 9.18 Å². The highest BCUT2D eigenvalue weighted by Gasteiger charge is 2.32. The molecule has 29 heavy (non-hydrogen) atoms. The first-order valence-electron chi connectivity index (χ1n) is 9.59. The first-order chi connectivity index (χ1) is 14.0. The average Bonchev–Trinajstić information content (AvgIpc) is 3.15. The van der Waals surface area contributed by atoms with E-state index in [2.05, 4.69) is 15.0 Å². The van der Waals surface area contributed by atoms with Crippen LogP contribution in [0.3, 0.4) is 0 Å². The summed E-state index contributed by atoms with van der Waals surface area (Å²) in [6.07, 6.45) is 5.98. The average molecular weight is 395 g/mol. The van der Waals surface area contributed by atoms with Gasteiger partial charge in [0, 0.05) is 37.7 Å². The zero-order valence-corrected chi connectivity index (χ0v) is 16.4. The summed E-state index contributed by atoms with van der Waals surface area (Å²) in [4.78, 5) is 28.1. The Morgan fingerprint density at radius 1 is 1.24 bits per heavy atom. The van der Waals surface area contributed by atoms with Gasteiger partial charge in [-0.05, 0) is 38.3 Å². The van der Waals surface area contributed by atoms with Crippen LogP contribution in [0, 0.1) is 12.7 Å². The molecule has 1 aromatic carbocycles. The number of hydrogen-bond acceptors (Lipinski definition) is 5. The maximum atomic E-state index is 14.0. The SMILES string of the molecule is Cc1cc(Oc2ccccc2F)nc([C@H]2CCCCN2C(=O)c2nccn2C)n1. The lowest BCUT2D eigenvalue weighted by Gasteiger charge is -2.34. The number of nitrogens with zero attached hydrogens (tertiary/aromatic N) is 5. The molecule has 0 N–H and O–H groups in total. The van der Waals surface area contributed by atoms with Crippen LogP contribution in [0.2, 0.25) is 0 Å². The predicted octanol–water partition coefficient (Wildman–Crippen LogP) is 3.82. The van der Waals surface area contributed by atoms with Gasteiger partial charge in [-0.1, -0.05) is 12.1 Å². The third kappa shape index (κ3) is 3.96. The highest BCUT2D eigenvalue weighted by Crippen LogP contribution is 2.32. The van der Waals surface area contributed by atoms with Crippen molar-refractivity contribution in [3.63, 3.8) is 0 Å². The summed E-state index contributed by atoms with van der Waals surface area (Å²) < 4.78 is 21.3. The lowest BCUT2D eigenvalue weighted by atomic mass is 10.0. The molecule has 3 heterocycles. The number of amides is 1. The van der Waals surface area contributed by atoms with Crippen LogP contribution in [0.5, 0.6) is 11.6 Å². The van der Waals surface area contributed by atoms with Crippen LogP contribution >= 0.6 is 0 Å². The van der Waals surface area contributed by atoms with Crippen molar-refractivity contribution in [2.24, 2.45) is 7.05 Å². The van der Waals surface area contributed by atoms with Crippen molar-refractivity contribution in [1.82, 2.24) is 24.4 Å². The minimum Gasteiger partial charge on any atom is -0.436 e. The second-order valence-corrected chi connectivity index (χ2v) is 7.11. The molecule has 3 aromatic rings. The second kappa shape index (κ2) is 7.98. The van der Waals surface area contributed by atoms with E-state index in [4.69, 9.17) is 4.74 Å². The van der Waals surface area contributed by atoms with Crippen LogP contribution in [-0.2, 0) is 7.05 Å². The third-order valence-corrected chi connectivity index (χ3v) is 4.97. The fourth-order valence-corrected chi connectivity index (χ4v) is 3.55. The van der Waals surface area contributed by atoms with Gasteiger partial charge in [-0.25, -0.2) is 14.4 Å². The highest BCUT2D eigenvalue weighted by molar-refractivity contribution is 5.91. The maximum Gasteiger partial charge on any atom is 0.290 e. The topological polar surface area (TPSA) is 73.1 Å². The van der Waals surface area contributed by atoms with Gasteiger partial charge in [0.25, 0.3) is 5.91 Å². The van der Waals surface area contributed by atoms with Crippen LogP contribution in [0.15, 0.2) is 42.7 Å². The van der Waals surface area contributed by atoms with Gasteiger partial charge >= 0.3 is 0 Å². The summed E-state index contributed by atoms with van der Waals surface area (Å²) in [5.74, 6) is 0.623. The number of ether oxygens (including phenoxy) is 1. The number of benzene rings is 1. The summed E-state index contributed by atoms with van der Waals surface area (Å²) >= 11 is 0. The van der Waals surface area contributed by atoms with E-state index >= 15 is 0 Å². The fraction of sp³-hybridized carbons (Fsp3) is 0.333. The van der Waals surface area contributed by atoms with Crippen molar-refractivity contribution in [2.75, 3.05) is 6.54 Å². The number of para-hydroxylation sites is 1. The molecule has 0 saturated carbocycles. The van der Waals surface area contributed by atoms with Crippen LogP contribution in [0.1, 0.15) is 47.4 Å². The largest absolute Gasteiger partial charge is 0.436 e. The van der Waals surface area contributed by atoms with Gasteiger partial charge in [0.05, 0.1) is 6.04 Å². The molecule has 1 fully saturated rings. The molecule has 0 radical (unpaired) electrons. The molecule has 1 saturated heterocycles. The summed E-state index contributed by atoms with van der Waals surface area (Å²) in [7, 11) is 1.79. The second-order valence-electron chi connectivity index (χ2n) is 7.11. The minimum absolute atomic E-state index is 0.0983. The molecule has 7 nitrogen and oxygen atoms in total. The summed E-state index contributed by atoms with van der Waals surface area (Å²) in [6, 6.07) is 7.55. The number of carbonyl (C=O) groups is 1. The number of imidazole rings is 1. The number of halogens is 1. The van der Waals surface area contributed by atoms with Gasteiger partial charge in [0.1, 0.15) is 0 Å². The number of rotatable bonds is 4. The van der Waals surface area contributed by atoms with Crippen molar-refractivity contribution >= 4 is 5.91 Å². The molecule has 8 heteroatoms. The maximum absolute atomic E-state index is 14.0. The summed E-state index contributed by atoms with van der Waals surface area (Å²) in [5.41, 5.74) is 0.691. The molecular formula is C21H22FN5O2. The Bertz CT molecular complexity index is 1040. The van der Waals surface area contributed by atoms with E-state index in [0.717, 1.165) is 19.3 Å². The van der Waals surface area contributed by atoms with Gasteiger partial charge in [-0.3, -0.25) is 4.79 Å². The Hall–Kier alpha value is -3.29. The molecule has 0 bridgehead atoms. The summed E-state index contributed by atoms with van der Waals surface area (Å²) in [6.45, 7) is 2.43. The van der Waals surface area contributed by atoms with Crippen LogP contribution in [0.4, 0.5) is 4.39 Å². The van der Waals surface area contributed by atoms with E-state index in [0.29, 0.717) is 23.9 Å². The van der Waals surface area contributed by atoms with Crippen molar-refractivity contribution < 1.29 is 13.9 Å².